The van der Waals surface area contributed by atoms with Crippen LogP contribution in [-0.4, -0.2) is 23.7 Å². The molecule has 0 N–H and O–H groups in total. The Morgan fingerprint density at radius 3 is 2.95 bits per heavy atom. The summed E-state index contributed by atoms with van der Waals surface area (Å²) in [5.41, 5.74) is 5.22. The van der Waals surface area contributed by atoms with Crippen LogP contribution in [-0.2, 0) is 7.05 Å². The van der Waals surface area contributed by atoms with Crippen molar-refractivity contribution in [3.8, 4) is 0 Å². The quantitative estimate of drug-likeness (QED) is 0.495. The minimum absolute atomic E-state index is 0.0554. The number of hydrogen-bond acceptors (Lipinski definition) is 3. The zero-order valence-electron chi connectivity index (χ0n) is 12.9. The summed E-state index contributed by atoms with van der Waals surface area (Å²) in [6.07, 6.45) is 8.12. The predicted octanol–water partition coefficient (Wildman–Crippen LogP) is 0.983. The van der Waals surface area contributed by atoms with E-state index in [0.717, 1.165) is 16.6 Å². The smallest absolute Gasteiger partial charge is 0.443 e. The zero-order valence-corrected chi connectivity index (χ0v) is 12.9. The van der Waals surface area contributed by atoms with Crippen LogP contribution in [0.5, 0.6) is 0 Å². The van der Waals surface area contributed by atoms with Crippen LogP contribution in [0.25, 0.3) is 17.2 Å². The van der Waals surface area contributed by atoms with E-state index in [4.69, 9.17) is 4.42 Å². The van der Waals surface area contributed by atoms with Gasteiger partial charge in [-0.1, -0.05) is 0 Å². The molecule has 0 fully saturated rings. The molecule has 0 unspecified atom stereocenters. The molecule has 5 heteroatoms. The van der Waals surface area contributed by atoms with Gasteiger partial charge in [-0.25, -0.2) is 9.55 Å². The van der Waals surface area contributed by atoms with Gasteiger partial charge in [-0.3, -0.25) is 0 Å². The van der Waals surface area contributed by atoms with E-state index < -0.39 is 0 Å². The normalized spacial score (nSPS) is 13.8. The van der Waals surface area contributed by atoms with Gasteiger partial charge in [0, 0.05) is 22.7 Å². The zero-order chi connectivity index (χ0) is 15.3. The Morgan fingerprint density at radius 1 is 1.27 bits per heavy atom. The highest BCUT2D eigenvalue weighted by Gasteiger charge is 2.39. The van der Waals surface area contributed by atoms with E-state index in [1.807, 2.05) is 6.07 Å². The molecule has 3 aromatic heterocycles. The second-order valence-electron chi connectivity index (χ2n) is 5.86. The van der Waals surface area contributed by atoms with Gasteiger partial charge in [-0.05, 0) is 50.5 Å². The molecule has 4 nitrogen and oxygen atoms in total. The Bertz CT molecular complexity index is 900. The molecular weight excluding hydrogens is 273 g/mol. The van der Waals surface area contributed by atoms with E-state index in [-0.39, 0.29) is 6.85 Å². The number of aromatic nitrogens is 2. The summed E-state index contributed by atoms with van der Waals surface area (Å²) >= 11 is 0. The van der Waals surface area contributed by atoms with Gasteiger partial charge in [0.1, 0.15) is 12.7 Å². The van der Waals surface area contributed by atoms with Crippen LogP contribution in [0, 0.1) is 6.92 Å². The molecule has 1 aliphatic heterocycles. The summed E-state index contributed by atoms with van der Waals surface area (Å²) in [4.78, 5) is 6.53. The van der Waals surface area contributed by atoms with Crippen LogP contribution >= 0.6 is 0 Å². The molecule has 0 radical (unpaired) electrons. The number of furan rings is 1. The number of nitrogens with zero attached hydrogens (tertiary/aromatic N) is 3. The highest BCUT2D eigenvalue weighted by Crippen LogP contribution is 2.22. The van der Waals surface area contributed by atoms with Gasteiger partial charge in [0.2, 0.25) is 5.71 Å². The van der Waals surface area contributed by atoms with Crippen LogP contribution in [0.3, 0.4) is 0 Å². The van der Waals surface area contributed by atoms with Gasteiger partial charge < -0.3 is 9.23 Å². The first-order chi connectivity index (χ1) is 10.6. The molecule has 0 spiro atoms. The highest BCUT2D eigenvalue weighted by atomic mass is 16.3. The highest BCUT2D eigenvalue weighted by molar-refractivity contribution is 6.82. The Kier molecular flexibility index (Phi) is 2.82. The van der Waals surface area contributed by atoms with Crippen LogP contribution in [0.1, 0.15) is 11.1 Å². The average Bonchev–Trinajstić information content (AvgIpc) is 2.87. The maximum atomic E-state index is 6.10. The van der Waals surface area contributed by atoms with Crippen molar-refractivity contribution in [2.24, 2.45) is 7.05 Å². The largest absolute Gasteiger partial charge is 0.449 e. The second-order valence-corrected chi connectivity index (χ2v) is 5.86. The third-order valence-electron chi connectivity index (χ3n) is 4.27. The van der Waals surface area contributed by atoms with Crippen LogP contribution in [0.4, 0.5) is 0 Å². The number of fused-ring (bicyclic) bond motifs is 3. The van der Waals surface area contributed by atoms with E-state index in [2.05, 4.69) is 72.1 Å². The second kappa shape index (κ2) is 4.73. The molecule has 0 bridgehead atoms. The molecule has 1 aliphatic rings. The SMILES string of the molecule is Cc1ccc(B2c3oc4ncccc4c3C=CN2C)[n+](C)c1. The fraction of sp³-hybridized carbons (Fsp3) is 0.176. The fourth-order valence-corrected chi connectivity index (χ4v) is 3.19. The third kappa shape index (κ3) is 1.85. The summed E-state index contributed by atoms with van der Waals surface area (Å²) in [5, 5.41) is 1.07. The number of hydrogen-bond donors (Lipinski definition) is 0. The van der Waals surface area contributed by atoms with E-state index in [1.54, 1.807) is 6.20 Å². The van der Waals surface area contributed by atoms with Gasteiger partial charge in [0.05, 0.1) is 0 Å². The first-order valence-corrected chi connectivity index (χ1v) is 7.39. The topological polar surface area (TPSA) is 33.2 Å². The predicted molar refractivity (Wildman–Crippen MR) is 88.2 cm³/mol. The van der Waals surface area contributed by atoms with Crippen molar-refractivity contribution in [3.05, 3.63) is 54.0 Å². The lowest BCUT2D eigenvalue weighted by atomic mass is 9.52. The first kappa shape index (κ1) is 13.1. The van der Waals surface area contributed by atoms with Crippen molar-refractivity contribution in [1.82, 2.24) is 9.79 Å². The average molecular weight is 290 g/mol. The van der Waals surface area contributed by atoms with Gasteiger partial charge >= 0.3 is 6.85 Å². The monoisotopic (exact) mass is 290 g/mol. The summed E-state index contributed by atoms with van der Waals surface area (Å²) in [5.74, 6) is 0. The number of pyridine rings is 2. The molecule has 22 heavy (non-hydrogen) atoms. The summed E-state index contributed by atoms with van der Waals surface area (Å²) in [6, 6.07) is 8.32. The van der Waals surface area contributed by atoms with Crippen LogP contribution in [0.2, 0.25) is 0 Å². The summed E-state index contributed by atoms with van der Waals surface area (Å²) in [6.45, 7) is 2.16. The molecule has 0 saturated heterocycles. The van der Waals surface area contributed by atoms with Gasteiger partial charge in [0.15, 0.2) is 11.8 Å². The third-order valence-corrected chi connectivity index (χ3v) is 4.27. The Balaban J connectivity index is 1.96. The van der Waals surface area contributed by atoms with Crippen molar-refractivity contribution < 1.29 is 8.98 Å². The molecule has 0 amide bonds. The molecule has 4 rings (SSSR count). The minimum Gasteiger partial charge on any atom is -0.449 e. The van der Waals surface area contributed by atoms with Crippen LogP contribution in [0.15, 0.2) is 47.3 Å². The van der Waals surface area contributed by atoms with Gasteiger partial charge in [-0.15, -0.1) is 0 Å². The Labute approximate surface area is 129 Å². The van der Waals surface area contributed by atoms with Crippen LogP contribution < -0.4 is 15.8 Å². The maximum absolute atomic E-state index is 6.10. The van der Waals surface area contributed by atoms with Gasteiger partial charge in [0.25, 0.3) is 0 Å². The molecule has 0 saturated carbocycles. The molecule has 0 aromatic carbocycles. The minimum atomic E-state index is 0.0554. The summed E-state index contributed by atoms with van der Waals surface area (Å²) in [7, 11) is 4.15. The van der Waals surface area contributed by atoms with E-state index in [0.29, 0.717) is 5.71 Å². The lowest BCUT2D eigenvalue weighted by molar-refractivity contribution is -0.654. The Hall–Kier alpha value is -2.56. The maximum Gasteiger partial charge on any atom is 0.443 e. The fourth-order valence-electron chi connectivity index (χ4n) is 3.19. The molecule has 0 atom stereocenters. The molecular formula is C17H17BN3O+. The van der Waals surface area contributed by atoms with E-state index >= 15 is 0 Å². The van der Waals surface area contributed by atoms with Crippen molar-refractivity contribution in [2.75, 3.05) is 7.05 Å². The molecule has 4 heterocycles. The van der Waals surface area contributed by atoms with E-state index in [9.17, 15) is 0 Å². The van der Waals surface area contributed by atoms with Crippen molar-refractivity contribution in [1.29, 1.82) is 0 Å². The molecule has 0 aliphatic carbocycles. The molecule has 3 aromatic rings. The number of rotatable bonds is 1. The molecule has 108 valence electrons. The standard InChI is InChI=1S/C17H17BN3O/c1-12-6-7-15(20(2)11-12)18-16-13(8-10-21(18)3)14-5-4-9-19-17(14)22-16/h4-11H,1-3H3/q+1. The van der Waals surface area contributed by atoms with Crippen molar-refractivity contribution >= 4 is 35.3 Å². The summed E-state index contributed by atoms with van der Waals surface area (Å²) < 4.78 is 8.26. The number of aryl methyl sites for hydroxylation is 2. The lowest BCUT2D eigenvalue weighted by Gasteiger charge is -2.23. The first-order valence-electron chi connectivity index (χ1n) is 7.39. The Morgan fingerprint density at radius 2 is 2.14 bits per heavy atom. The van der Waals surface area contributed by atoms with Crippen molar-refractivity contribution in [2.45, 2.75) is 6.92 Å². The van der Waals surface area contributed by atoms with E-state index in [1.165, 1.54) is 11.2 Å². The lowest BCUT2D eigenvalue weighted by Crippen LogP contribution is -2.65. The van der Waals surface area contributed by atoms with Gasteiger partial charge in [-0.2, -0.15) is 0 Å². The van der Waals surface area contributed by atoms with Crippen molar-refractivity contribution in [3.63, 3.8) is 0 Å².